The predicted octanol–water partition coefficient (Wildman–Crippen LogP) is 2.36. The first-order valence-corrected chi connectivity index (χ1v) is 7.58. The van der Waals surface area contributed by atoms with Gasteiger partial charge >= 0.3 is 0 Å². The Kier molecular flexibility index (Phi) is 5.75. The molecule has 3 N–H and O–H groups in total. The molecule has 5 nitrogen and oxygen atoms in total. The van der Waals surface area contributed by atoms with Crippen molar-refractivity contribution in [1.82, 2.24) is 5.32 Å². The molecular formula is C16H23N3O2. The number of carbonyl (C=O) groups excluding carboxylic acids is 2. The van der Waals surface area contributed by atoms with E-state index in [0.29, 0.717) is 24.4 Å². The van der Waals surface area contributed by atoms with Gasteiger partial charge in [0.05, 0.1) is 0 Å². The molecule has 2 rings (SSSR count). The van der Waals surface area contributed by atoms with Crippen molar-refractivity contribution in [2.24, 2.45) is 5.92 Å². The second-order valence-corrected chi connectivity index (χ2v) is 5.45. The fraction of sp³-hybridized carbons (Fsp3) is 0.500. The molecular weight excluding hydrogens is 266 g/mol. The molecule has 0 bridgehead atoms. The summed E-state index contributed by atoms with van der Waals surface area (Å²) in [4.78, 5) is 23.4. The minimum atomic E-state index is -0.0354. The van der Waals surface area contributed by atoms with E-state index in [1.807, 2.05) is 18.2 Å². The van der Waals surface area contributed by atoms with E-state index in [4.69, 9.17) is 0 Å². The smallest absolute Gasteiger partial charge is 0.224 e. The number of hydrogen-bond donors (Lipinski definition) is 3. The molecule has 5 heteroatoms. The summed E-state index contributed by atoms with van der Waals surface area (Å²) in [5, 5.41) is 9.00. The lowest BCUT2D eigenvalue weighted by molar-refractivity contribution is -0.117. The maximum Gasteiger partial charge on any atom is 0.224 e. The Morgan fingerprint density at radius 3 is 2.57 bits per heavy atom. The number of hydrogen-bond acceptors (Lipinski definition) is 3. The maximum atomic E-state index is 12.0. The van der Waals surface area contributed by atoms with E-state index in [9.17, 15) is 9.59 Å². The number of carbonyl (C=O) groups is 2. The SMILES string of the molecule is CCC(=O)Nc1cccc(NC(=O)CC2CCCNC2)c1. The molecule has 1 heterocycles. The first-order chi connectivity index (χ1) is 10.2. The third-order valence-corrected chi connectivity index (χ3v) is 3.62. The van der Waals surface area contributed by atoms with Crippen LogP contribution in [0.1, 0.15) is 32.6 Å². The number of piperidine rings is 1. The van der Waals surface area contributed by atoms with Crippen LogP contribution >= 0.6 is 0 Å². The van der Waals surface area contributed by atoms with Crippen molar-refractivity contribution in [3.63, 3.8) is 0 Å². The van der Waals surface area contributed by atoms with Crippen LogP contribution in [0.3, 0.4) is 0 Å². The predicted molar refractivity (Wildman–Crippen MR) is 84.2 cm³/mol. The lowest BCUT2D eigenvalue weighted by Gasteiger charge is -2.22. The normalized spacial score (nSPS) is 18.0. The Labute approximate surface area is 125 Å². The molecule has 1 unspecified atom stereocenters. The van der Waals surface area contributed by atoms with Gasteiger partial charge in [0, 0.05) is 24.2 Å². The third kappa shape index (κ3) is 5.19. The first kappa shape index (κ1) is 15.5. The molecule has 21 heavy (non-hydrogen) atoms. The zero-order chi connectivity index (χ0) is 15.1. The van der Waals surface area contributed by atoms with Crippen LogP contribution in [0, 0.1) is 5.92 Å². The number of rotatable bonds is 5. The lowest BCUT2D eigenvalue weighted by Crippen LogP contribution is -2.32. The second kappa shape index (κ2) is 7.78. The molecule has 1 aromatic carbocycles. The van der Waals surface area contributed by atoms with Crippen molar-refractivity contribution < 1.29 is 9.59 Å². The van der Waals surface area contributed by atoms with Gasteiger partial charge in [-0.05, 0) is 50.0 Å². The average Bonchev–Trinajstić information content (AvgIpc) is 2.48. The fourth-order valence-corrected chi connectivity index (χ4v) is 2.50. The summed E-state index contributed by atoms with van der Waals surface area (Å²) in [5.74, 6) is 0.413. The average molecular weight is 289 g/mol. The van der Waals surface area contributed by atoms with Crippen LogP contribution < -0.4 is 16.0 Å². The largest absolute Gasteiger partial charge is 0.326 e. The van der Waals surface area contributed by atoms with E-state index in [2.05, 4.69) is 16.0 Å². The van der Waals surface area contributed by atoms with Gasteiger partial charge in [0.15, 0.2) is 0 Å². The maximum absolute atomic E-state index is 12.0. The van der Waals surface area contributed by atoms with Crippen LogP contribution in [0.25, 0.3) is 0 Å². The highest BCUT2D eigenvalue weighted by molar-refractivity contribution is 5.94. The standard InChI is InChI=1S/C16H23N3O2/c1-2-15(20)18-13-6-3-7-14(10-13)19-16(21)9-12-5-4-8-17-11-12/h3,6-7,10,12,17H,2,4-5,8-9,11H2,1H3,(H,18,20)(H,19,21). The number of benzene rings is 1. The monoisotopic (exact) mass is 289 g/mol. The second-order valence-electron chi connectivity index (χ2n) is 5.45. The summed E-state index contributed by atoms with van der Waals surface area (Å²) in [7, 11) is 0. The molecule has 1 saturated heterocycles. The molecule has 0 saturated carbocycles. The van der Waals surface area contributed by atoms with Gasteiger partial charge in [-0.15, -0.1) is 0 Å². The van der Waals surface area contributed by atoms with E-state index < -0.39 is 0 Å². The van der Waals surface area contributed by atoms with Gasteiger partial charge in [-0.3, -0.25) is 9.59 Å². The van der Waals surface area contributed by atoms with E-state index in [0.717, 1.165) is 31.6 Å². The Bertz CT molecular complexity index is 496. The van der Waals surface area contributed by atoms with Gasteiger partial charge < -0.3 is 16.0 Å². The summed E-state index contributed by atoms with van der Waals surface area (Å²) >= 11 is 0. The zero-order valence-corrected chi connectivity index (χ0v) is 12.4. The molecule has 1 aliphatic rings. The lowest BCUT2D eigenvalue weighted by atomic mass is 9.96. The summed E-state index contributed by atoms with van der Waals surface area (Å²) in [6.07, 6.45) is 3.22. The van der Waals surface area contributed by atoms with Crippen molar-refractivity contribution in [1.29, 1.82) is 0 Å². The van der Waals surface area contributed by atoms with Crippen molar-refractivity contribution in [2.75, 3.05) is 23.7 Å². The van der Waals surface area contributed by atoms with Gasteiger partial charge in [0.1, 0.15) is 0 Å². The van der Waals surface area contributed by atoms with Crippen LogP contribution in [-0.4, -0.2) is 24.9 Å². The topological polar surface area (TPSA) is 70.2 Å². The van der Waals surface area contributed by atoms with Gasteiger partial charge in [0.2, 0.25) is 11.8 Å². The van der Waals surface area contributed by atoms with Gasteiger partial charge in [-0.1, -0.05) is 13.0 Å². The van der Waals surface area contributed by atoms with Crippen LogP contribution in [-0.2, 0) is 9.59 Å². The van der Waals surface area contributed by atoms with Crippen LogP contribution in [0.4, 0.5) is 11.4 Å². The summed E-state index contributed by atoms with van der Waals surface area (Å²) in [6.45, 7) is 3.77. The van der Waals surface area contributed by atoms with Crippen LogP contribution in [0.5, 0.6) is 0 Å². The van der Waals surface area contributed by atoms with Crippen LogP contribution in [0.15, 0.2) is 24.3 Å². The number of anilines is 2. The van der Waals surface area contributed by atoms with E-state index >= 15 is 0 Å². The molecule has 1 aliphatic heterocycles. The van der Waals surface area contributed by atoms with Crippen molar-refractivity contribution in [3.8, 4) is 0 Å². The van der Waals surface area contributed by atoms with Crippen LogP contribution in [0.2, 0.25) is 0 Å². The van der Waals surface area contributed by atoms with E-state index in [1.54, 1.807) is 13.0 Å². The van der Waals surface area contributed by atoms with Gasteiger partial charge in [0.25, 0.3) is 0 Å². The van der Waals surface area contributed by atoms with E-state index in [-0.39, 0.29) is 11.8 Å². The fourth-order valence-electron chi connectivity index (χ4n) is 2.50. The van der Waals surface area contributed by atoms with Gasteiger partial charge in [-0.2, -0.15) is 0 Å². The van der Waals surface area contributed by atoms with Crippen molar-refractivity contribution >= 4 is 23.2 Å². The van der Waals surface area contributed by atoms with Crippen molar-refractivity contribution in [2.45, 2.75) is 32.6 Å². The molecule has 114 valence electrons. The molecule has 0 aromatic heterocycles. The molecule has 0 radical (unpaired) electrons. The Morgan fingerprint density at radius 1 is 1.24 bits per heavy atom. The van der Waals surface area contributed by atoms with E-state index in [1.165, 1.54) is 0 Å². The number of amides is 2. The Morgan fingerprint density at radius 2 is 1.95 bits per heavy atom. The highest BCUT2D eigenvalue weighted by Crippen LogP contribution is 2.18. The zero-order valence-electron chi connectivity index (χ0n) is 12.4. The quantitative estimate of drug-likeness (QED) is 0.779. The van der Waals surface area contributed by atoms with Gasteiger partial charge in [-0.25, -0.2) is 0 Å². The Balaban J connectivity index is 1.87. The minimum Gasteiger partial charge on any atom is -0.326 e. The summed E-state index contributed by atoms with van der Waals surface area (Å²) in [6, 6.07) is 7.25. The van der Waals surface area contributed by atoms with Crippen molar-refractivity contribution in [3.05, 3.63) is 24.3 Å². The summed E-state index contributed by atoms with van der Waals surface area (Å²) < 4.78 is 0. The number of nitrogens with one attached hydrogen (secondary N) is 3. The molecule has 1 aromatic rings. The minimum absolute atomic E-state index is 0.0302. The third-order valence-electron chi connectivity index (χ3n) is 3.62. The first-order valence-electron chi connectivity index (χ1n) is 7.58. The molecule has 0 spiro atoms. The highest BCUT2D eigenvalue weighted by Gasteiger charge is 2.16. The molecule has 0 aliphatic carbocycles. The molecule has 2 amide bonds. The molecule has 1 atom stereocenters. The highest BCUT2D eigenvalue weighted by atomic mass is 16.2. The molecule has 1 fully saturated rings. The Hall–Kier alpha value is -1.88. The summed E-state index contributed by atoms with van der Waals surface area (Å²) in [5.41, 5.74) is 1.43.